The maximum Gasteiger partial charge on any atom is 0.306 e. The van der Waals surface area contributed by atoms with Crippen molar-refractivity contribution in [3.8, 4) is 0 Å². The first kappa shape index (κ1) is 31.6. The number of rotatable bonds is 15. The molecule has 3 heterocycles. The number of nitrogens with zero attached hydrogens (tertiary/aromatic N) is 3. The van der Waals surface area contributed by atoms with Gasteiger partial charge in [-0.05, 0) is 12.3 Å². The van der Waals surface area contributed by atoms with Gasteiger partial charge in [-0.1, -0.05) is 20.8 Å². The van der Waals surface area contributed by atoms with E-state index in [-0.39, 0.29) is 35.9 Å². The van der Waals surface area contributed by atoms with Crippen LogP contribution in [0.4, 0.5) is 0 Å². The van der Waals surface area contributed by atoms with Crippen LogP contribution in [-0.2, 0) is 30.3 Å². The number of carboxylic acid groups (broad SMARTS) is 1. The highest BCUT2D eigenvalue weighted by Crippen LogP contribution is 2.31. The van der Waals surface area contributed by atoms with E-state index in [0.29, 0.717) is 37.5 Å². The number of nitrogens with one attached hydrogen (secondary N) is 1. The van der Waals surface area contributed by atoms with E-state index in [9.17, 15) is 24.3 Å². The summed E-state index contributed by atoms with van der Waals surface area (Å²) in [6.07, 6.45) is 2.30. The Kier molecular flexibility index (Phi) is 11.6. The molecule has 2 aromatic rings. The maximum absolute atomic E-state index is 13.2. The number of aliphatic carboxylic acids is 1. The highest BCUT2D eigenvalue weighted by molar-refractivity contribution is 7.10. The van der Waals surface area contributed by atoms with Gasteiger partial charge in [0.15, 0.2) is 6.10 Å². The van der Waals surface area contributed by atoms with Gasteiger partial charge in [0.1, 0.15) is 10.7 Å². The molecule has 11 nitrogen and oxygen atoms in total. The summed E-state index contributed by atoms with van der Waals surface area (Å²) < 4.78 is 10.8. The van der Waals surface area contributed by atoms with Crippen molar-refractivity contribution in [2.45, 2.75) is 71.6 Å². The lowest BCUT2D eigenvalue weighted by Crippen LogP contribution is -2.44. The number of amides is 2. The highest BCUT2D eigenvalue weighted by atomic mass is 32.1. The minimum atomic E-state index is -0.942. The van der Waals surface area contributed by atoms with Gasteiger partial charge in [0.2, 0.25) is 5.91 Å². The monoisotopic (exact) mass is 594 g/mol. The van der Waals surface area contributed by atoms with E-state index in [1.807, 2.05) is 19.2 Å². The molecule has 1 unspecified atom stereocenters. The number of aromatic nitrogens is 2. The molecule has 4 atom stereocenters. The third-order valence-corrected chi connectivity index (χ3v) is 8.66. The predicted octanol–water partition coefficient (Wildman–Crippen LogP) is 3.57. The molecule has 40 heavy (non-hydrogen) atoms. The molecule has 1 aliphatic heterocycles. The van der Waals surface area contributed by atoms with Crippen molar-refractivity contribution in [2.75, 3.05) is 20.3 Å². The van der Waals surface area contributed by atoms with Crippen LogP contribution < -0.4 is 5.32 Å². The second kappa shape index (κ2) is 14.6. The minimum absolute atomic E-state index is 0.00893. The minimum Gasteiger partial charge on any atom is -0.481 e. The van der Waals surface area contributed by atoms with Crippen LogP contribution in [0.1, 0.15) is 73.6 Å². The molecule has 1 aliphatic rings. The van der Waals surface area contributed by atoms with Crippen LogP contribution in [0.2, 0.25) is 0 Å². The Balaban J connectivity index is 1.73. The number of hydrogen-bond donors (Lipinski definition) is 2. The van der Waals surface area contributed by atoms with Crippen molar-refractivity contribution in [3.05, 3.63) is 32.7 Å². The first-order valence-corrected chi connectivity index (χ1v) is 15.1. The third kappa shape index (κ3) is 9.07. The van der Waals surface area contributed by atoms with E-state index in [1.54, 1.807) is 30.4 Å². The molecule has 0 radical (unpaired) electrons. The van der Waals surface area contributed by atoms with Gasteiger partial charge in [0.05, 0.1) is 24.1 Å². The molecule has 0 aliphatic carbocycles. The Morgan fingerprint density at radius 1 is 1.20 bits per heavy atom. The van der Waals surface area contributed by atoms with E-state index in [2.05, 4.69) is 15.3 Å². The van der Waals surface area contributed by atoms with Crippen molar-refractivity contribution < 1.29 is 33.8 Å². The van der Waals surface area contributed by atoms with E-state index in [1.165, 1.54) is 29.6 Å². The summed E-state index contributed by atoms with van der Waals surface area (Å²) >= 11 is 2.64. The number of esters is 1. The summed E-state index contributed by atoms with van der Waals surface area (Å²) in [5.74, 6) is -2.22. The summed E-state index contributed by atoms with van der Waals surface area (Å²) in [5, 5.41) is 17.0. The fraction of sp³-hybridized carbons (Fsp3) is 0.630. The standard InChI is InChI=1S/C27H38N4O7S2/c1-15(2)21(31(5)24(33)9-18-12-37-13-18)11-22(38-17(4)32)26-30-20(14-40-26)25(34)29-19(8-16(3)27(35)36)10-23-28-6-7-39-23/h6-7,14-16,18-19,21-22H,8-13H2,1-5H3,(H,29,34)(H,35,36)/t16-,19+,21?,22+/m0/s1. The normalized spacial score (nSPS) is 16.4. The lowest BCUT2D eigenvalue weighted by atomic mass is 9.95. The van der Waals surface area contributed by atoms with Crippen LogP contribution in [-0.4, -0.2) is 76.1 Å². The Morgan fingerprint density at radius 3 is 2.48 bits per heavy atom. The van der Waals surface area contributed by atoms with Crippen LogP contribution in [0.15, 0.2) is 17.0 Å². The molecule has 2 amide bonds. The van der Waals surface area contributed by atoms with Crippen molar-refractivity contribution in [2.24, 2.45) is 17.8 Å². The summed E-state index contributed by atoms with van der Waals surface area (Å²) in [6.45, 7) is 8.11. The average Bonchev–Trinajstić information content (AvgIpc) is 3.55. The van der Waals surface area contributed by atoms with Gasteiger partial charge in [-0.25, -0.2) is 9.97 Å². The van der Waals surface area contributed by atoms with Crippen LogP contribution >= 0.6 is 22.7 Å². The number of hydrogen-bond acceptors (Lipinski definition) is 10. The zero-order valence-electron chi connectivity index (χ0n) is 23.5. The largest absolute Gasteiger partial charge is 0.481 e. The fourth-order valence-electron chi connectivity index (χ4n) is 4.56. The molecule has 2 N–H and O–H groups in total. The molecule has 0 bridgehead atoms. The maximum atomic E-state index is 13.2. The van der Waals surface area contributed by atoms with E-state index in [4.69, 9.17) is 9.47 Å². The van der Waals surface area contributed by atoms with Gasteiger partial charge in [0, 0.05) is 68.2 Å². The molecular formula is C27H38N4O7S2. The van der Waals surface area contributed by atoms with Crippen molar-refractivity contribution >= 4 is 46.4 Å². The Bertz CT molecular complexity index is 1150. The molecular weight excluding hydrogens is 556 g/mol. The Labute approximate surface area is 242 Å². The van der Waals surface area contributed by atoms with Crippen LogP contribution in [0, 0.1) is 17.8 Å². The first-order valence-electron chi connectivity index (χ1n) is 13.3. The number of carbonyl (C=O) groups is 4. The van der Waals surface area contributed by atoms with Crippen LogP contribution in [0.3, 0.4) is 0 Å². The molecule has 0 spiro atoms. The quantitative estimate of drug-likeness (QED) is 0.295. The topological polar surface area (TPSA) is 148 Å². The molecule has 0 aromatic carbocycles. The number of thiazole rings is 2. The van der Waals surface area contributed by atoms with Gasteiger partial charge in [-0.2, -0.15) is 0 Å². The first-order chi connectivity index (χ1) is 18.9. The smallest absolute Gasteiger partial charge is 0.306 e. The lowest BCUT2D eigenvalue weighted by molar-refractivity contribution is -0.149. The van der Waals surface area contributed by atoms with Crippen molar-refractivity contribution in [3.63, 3.8) is 0 Å². The number of ether oxygens (including phenoxy) is 2. The van der Waals surface area contributed by atoms with Gasteiger partial charge in [-0.15, -0.1) is 22.7 Å². The van der Waals surface area contributed by atoms with Gasteiger partial charge in [0.25, 0.3) is 5.91 Å². The molecule has 2 aromatic heterocycles. The van der Waals surface area contributed by atoms with E-state index < -0.39 is 35.9 Å². The molecule has 0 saturated carbocycles. The second-order valence-electron chi connectivity index (χ2n) is 10.6. The average molecular weight is 595 g/mol. The van der Waals surface area contributed by atoms with Gasteiger partial charge >= 0.3 is 11.9 Å². The summed E-state index contributed by atoms with van der Waals surface area (Å²) in [5.41, 5.74) is 0.153. The van der Waals surface area contributed by atoms with E-state index in [0.717, 1.165) is 5.01 Å². The summed E-state index contributed by atoms with van der Waals surface area (Å²) in [6, 6.07) is -0.676. The predicted molar refractivity (Wildman–Crippen MR) is 150 cm³/mol. The van der Waals surface area contributed by atoms with Crippen molar-refractivity contribution in [1.82, 2.24) is 20.2 Å². The second-order valence-corrected chi connectivity index (χ2v) is 12.5. The number of carbonyl (C=O) groups excluding carboxylic acids is 3. The zero-order valence-corrected chi connectivity index (χ0v) is 25.1. The molecule has 1 fully saturated rings. The van der Waals surface area contributed by atoms with Gasteiger partial charge in [-0.3, -0.25) is 19.2 Å². The lowest BCUT2D eigenvalue weighted by Gasteiger charge is -2.35. The molecule has 1 saturated heterocycles. The highest BCUT2D eigenvalue weighted by Gasteiger charge is 2.32. The van der Waals surface area contributed by atoms with Crippen LogP contribution in [0.25, 0.3) is 0 Å². The Hall–Kier alpha value is -2.90. The summed E-state index contributed by atoms with van der Waals surface area (Å²) in [4.78, 5) is 60.0. The fourth-order valence-corrected chi connectivity index (χ4v) is 6.10. The van der Waals surface area contributed by atoms with Gasteiger partial charge < -0.3 is 24.8 Å². The number of carboxylic acids is 1. The SMILES string of the molecule is CC(=O)O[C@H](CC(C(C)C)N(C)C(=O)CC1COC1)c1nc(C(=O)N[C@@H](Cc2nccs2)C[C@H](C)C(=O)O)cs1. The molecule has 13 heteroatoms. The molecule has 220 valence electrons. The third-order valence-electron chi connectivity index (χ3n) is 6.92. The molecule has 3 rings (SSSR count). The summed E-state index contributed by atoms with van der Waals surface area (Å²) in [7, 11) is 1.76. The van der Waals surface area contributed by atoms with Crippen molar-refractivity contribution in [1.29, 1.82) is 0 Å². The van der Waals surface area contributed by atoms with Crippen LogP contribution in [0.5, 0.6) is 0 Å². The van der Waals surface area contributed by atoms with E-state index >= 15 is 0 Å². The zero-order chi connectivity index (χ0) is 29.4. The Morgan fingerprint density at radius 2 is 1.93 bits per heavy atom.